The van der Waals surface area contributed by atoms with E-state index in [9.17, 15) is 9.59 Å². The number of hydrogen-bond acceptors (Lipinski definition) is 3. The van der Waals surface area contributed by atoms with Gasteiger partial charge in [0.25, 0.3) is 0 Å². The van der Waals surface area contributed by atoms with Crippen LogP contribution in [0.3, 0.4) is 0 Å². The van der Waals surface area contributed by atoms with E-state index >= 15 is 0 Å². The summed E-state index contributed by atoms with van der Waals surface area (Å²) in [6.07, 6.45) is 7.12. The van der Waals surface area contributed by atoms with Crippen molar-refractivity contribution < 1.29 is 14.7 Å². The Labute approximate surface area is 120 Å². The van der Waals surface area contributed by atoms with Crippen LogP contribution in [0.4, 0.5) is 0 Å². The van der Waals surface area contributed by atoms with Gasteiger partial charge in [-0.3, -0.25) is 9.59 Å². The second kappa shape index (κ2) is 7.07. The second-order valence-electron chi connectivity index (χ2n) is 6.42. The fourth-order valence-electron chi connectivity index (χ4n) is 3.47. The zero-order valence-corrected chi connectivity index (χ0v) is 12.0. The van der Waals surface area contributed by atoms with E-state index in [1.807, 2.05) is 0 Å². The summed E-state index contributed by atoms with van der Waals surface area (Å²) in [6.45, 7) is 0.691. The third kappa shape index (κ3) is 4.20. The molecule has 5 heteroatoms. The van der Waals surface area contributed by atoms with Crippen LogP contribution in [0.1, 0.15) is 51.4 Å². The van der Waals surface area contributed by atoms with Crippen LogP contribution in [-0.2, 0) is 9.59 Å². The maximum absolute atomic E-state index is 12.1. The predicted octanol–water partition coefficient (Wildman–Crippen LogP) is 1.51. The quantitative estimate of drug-likeness (QED) is 0.728. The molecule has 0 spiro atoms. The molecule has 2 fully saturated rings. The zero-order valence-electron chi connectivity index (χ0n) is 12.0. The van der Waals surface area contributed by atoms with Crippen molar-refractivity contribution in [3.63, 3.8) is 0 Å². The maximum atomic E-state index is 12.1. The van der Waals surface area contributed by atoms with Crippen molar-refractivity contribution in [1.29, 1.82) is 0 Å². The molecule has 5 nitrogen and oxygen atoms in total. The van der Waals surface area contributed by atoms with Gasteiger partial charge in [-0.15, -0.1) is 0 Å². The van der Waals surface area contributed by atoms with E-state index < -0.39 is 5.97 Å². The Morgan fingerprint density at radius 3 is 2.35 bits per heavy atom. The molecule has 0 aromatic rings. The number of carboxylic acids is 1. The molecule has 4 N–H and O–H groups in total. The zero-order chi connectivity index (χ0) is 14.5. The monoisotopic (exact) mass is 282 g/mol. The Morgan fingerprint density at radius 1 is 1.05 bits per heavy atom. The van der Waals surface area contributed by atoms with E-state index in [2.05, 4.69) is 5.32 Å². The molecule has 0 aromatic carbocycles. The molecule has 1 amide bonds. The lowest BCUT2D eigenvalue weighted by molar-refractivity contribution is -0.143. The summed E-state index contributed by atoms with van der Waals surface area (Å²) in [5, 5.41) is 12.0. The fourth-order valence-corrected chi connectivity index (χ4v) is 3.47. The minimum absolute atomic E-state index is 0.0779. The number of rotatable bonds is 4. The highest BCUT2D eigenvalue weighted by atomic mass is 16.4. The van der Waals surface area contributed by atoms with Gasteiger partial charge in [-0.05, 0) is 50.9 Å². The Bertz CT molecular complexity index is 351. The Kier molecular flexibility index (Phi) is 5.40. The van der Waals surface area contributed by atoms with E-state index in [1.165, 1.54) is 0 Å². The highest BCUT2D eigenvalue weighted by Crippen LogP contribution is 2.29. The highest BCUT2D eigenvalue weighted by molar-refractivity contribution is 5.78. The number of nitrogens with two attached hydrogens (primary N) is 1. The van der Waals surface area contributed by atoms with Crippen molar-refractivity contribution in [2.24, 2.45) is 23.5 Å². The van der Waals surface area contributed by atoms with Gasteiger partial charge in [0.15, 0.2) is 0 Å². The molecule has 20 heavy (non-hydrogen) atoms. The molecule has 0 aromatic heterocycles. The smallest absolute Gasteiger partial charge is 0.306 e. The van der Waals surface area contributed by atoms with Crippen LogP contribution in [0, 0.1) is 17.8 Å². The number of aliphatic carboxylic acids is 1. The van der Waals surface area contributed by atoms with Crippen LogP contribution >= 0.6 is 0 Å². The van der Waals surface area contributed by atoms with Gasteiger partial charge >= 0.3 is 5.97 Å². The van der Waals surface area contributed by atoms with Crippen molar-refractivity contribution in [3.8, 4) is 0 Å². The number of carbonyl (C=O) groups is 2. The molecule has 114 valence electrons. The number of amides is 1. The molecule has 2 atom stereocenters. The molecule has 0 radical (unpaired) electrons. The molecule has 2 rings (SSSR count). The standard InChI is InChI=1S/C15H26N2O3/c16-13-3-1-2-12(8-13)14(18)17-9-10-4-6-11(7-5-10)15(19)20/h10-13H,1-9,16H2,(H,17,18)(H,19,20). The van der Waals surface area contributed by atoms with Crippen molar-refractivity contribution in [1.82, 2.24) is 5.32 Å². The van der Waals surface area contributed by atoms with E-state index in [-0.39, 0.29) is 23.8 Å². The van der Waals surface area contributed by atoms with Gasteiger partial charge in [0, 0.05) is 18.5 Å². The molecular formula is C15H26N2O3. The minimum Gasteiger partial charge on any atom is -0.481 e. The average molecular weight is 282 g/mol. The average Bonchev–Trinajstić information content (AvgIpc) is 2.45. The van der Waals surface area contributed by atoms with E-state index in [1.54, 1.807) is 0 Å². The van der Waals surface area contributed by atoms with Crippen molar-refractivity contribution in [2.75, 3.05) is 6.54 Å². The second-order valence-corrected chi connectivity index (χ2v) is 6.42. The van der Waals surface area contributed by atoms with Gasteiger partial charge in [0.05, 0.1) is 5.92 Å². The van der Waals surface area contributed by atoms with Crippen LogP contribution in [-0.4, -0.2) is 29.6 Å². The van der Waals surface area contributed by atoms with Gasteiger partial charge in [-0.25, -0.2) is 0 Å². The number of hydrogen-bond donors (Lipinski definition) is 3. The van der Waals surface area contributed by atoms with E-state index in [0.29, 0.717) is 12.5 Å². The van der Waals surface area contributed by atoms with Crippen molar-refractivity contribution in [2.45, 2.75) is 57.4 Å². The summed E-state index contributed by atoms with van der Waals surface area (Å²) in [4.78, 5) is 23.0. The number of carbonyl (C=O) groups excluding carboxylic acids is 1. The van der Waals surface area contributed by atoms with Crippen molar-refractivity contribution in [3.05, 3.63) is 0 Å². The van der Waals surface area contributed by atoms with Crippen LogP contribution in [0.2, 0.25) is 0 Å². The van der Waals surface area contributed by atoms with E-state index in [4.69, 9.17) is 10.8 Å². The molecule has 2 unspecified atom stereocenters. The summed E-state index contributed by atoms with van der Waals surface area (Å²) in [6, 6.07) is 0.172. The normalized spacial score (nSPS) is 34.5. The first-order valence-corrected chi connectivity index (χ1v) is 7.82. The summed E-state index contributed by atoms with van der Waals surface area (Å²) in [7, 11) is 0. The number of carboxylic acid groups (broad SMARTS) is 1. The first kappa shape index (κ1) is 15.3. The van der Waals surface area contributed by atoms with Crippen LogP contribution in [0.5, 0.6) is 0 Å². The van der Waals surface area contributed by atoms with E-state index in [0.717, 1.165) is 51.4 Å². The topological polar surface area (TPSA) is 92.4 Å². The van der Waals surface area contributed by atoms with Gasteiger partial charge < -0.3 is 16.2 Å². The predicted molar refractivity (Wildman–Crippen MR) is 76.0 cm³/mol. The SMILES string of the molecule is NC1CCCC(C(=O)NCC2CCC(C(=O)O)CC2)C1. The largest absolute Gasteiger partial charge is 0.481 e. The molecule has 0 heterocycles. The Balaban J connectivity index is 1.68. The number of nitrogens with one attached hydrogen (secondary N) is 1. The van der Waals surface area contributed by atoms with Crippen LogP contribution in [0.15, 0.2) is 0 Å². The lowest BCUT2D eigenvalue weighted by atomic mass is 9.81. The molecule has 0 aliphatic heterocycles. The van der Waals surface area contributed by atoms with Gasteiger partial charge in [-0.1, -0.05) is 6.42 Å². The maximum Gasteiger partial charge on any atom is 0.306 e. The van der Waals surface area contributed by atoms with Gasteiger partial charge in [-0.2, -0.15) is 0 Å². The van der Waals surface area contributed by atoms with Crippen LogP contribution < -0.4 is 11.1 Å². The van der Waals surface area contributed by atoms with Crippen LogP contribution in [0.25, 0.3) is 0 Å². The molecular weight excluding hydrogens is 256 g/mol. The molecule has 0 bridgehead atoms. The summed E-state index contributed by atoms with van der Waals surface area (Å²) in [5.41, 5.74) is 5.91. The molecule has 0 saturated heterocycles. The lowest BCUT2D eigenvalue weighted by Crippen LogP contribution is -2.40. The van der Waals surface area contributed by atoms with Crippen molar-refractivity contribution >= 4 is 11.9 Å². The first-order chi connectivity index (χ1) is 9.56. The van der Waals surface area contributed by atoms with Gasteiger partial charge in [0.1, 0.15) is 0 Å². The lowest BCUT2D eigenvalue weighted by Gasteiger charge is -2.28. The fraction of sp³-hybridized carbons (Fsp3) is 0.867. The molecule has 2 aliphatic carbocycles. The summed E-state index contributed by atoms with van der Waals surface area (Å²) < 4.78 is 0. The minimum atomic E-state index is -0.677. The first-order valence-electron chi connectivity index (χ1n) is 7.82. The summed E-state index contributed by atoms with van der Waals surface area (Å²) in [5.74, 6) is -0.205. The highest BCUT2D eigenvalue weighted by Gasteiger charge is 2.28. The summed E-state index contributed by atoms with van der Waals surface area (Å²) >= 11 is 0. The third-order valence-electron chi connectivity index (χ3n) is 4.85. The molecule has 2 saturated carbocycles. The van der Waals surface area contributed by atoms with Gasteiger partial charge in [0.2, 0.25) is 5.91 Å². The molecule has 2 aliphatic rings. The Hall–Kier alpha value is -1.10. The third-order valence-corrected chi connectivity index (χ3v) is 4.85. The Morgan fingerprint density at radius 2 is 1.75 bits per heavy atom.